The minimum atomic E-state index is 0. The van der Waals surface area contributed by atoms with Gasteiger partial charge in [-0.3, -0.25) is 4.90 Å². The Balaban J connectivity index is 0.00000320. The normalized spacial score (nSPS) is 15.0. The van der Waals surface area contributed by atoms with Crippen LogP contribution >= 0.6 is 24.0 Å². The number of rotatable bonds is 8. The fraction of sp³-hybridized carbons (Fsp3) is 0.571. The average molecular weight is 527 g/mol. The number of ether oxygens (including phenoxy) is 1. The lowest BCUT2D eigenvalue weighted by molar-refractivity contribution is 0.0389. The Kier molecular flexibility index (Phi) is 10.5. The molecule has 1 aliphatic heterocycles. The third-order valence-electron chi connectivity index (χ3n) is 5.33. The van der Waals surface area contributed by atoms with Crippen molar-refractivity contribution in [3.63, 3.8) is 0 Å². The van der Waals surface area contributed by atoms with E-state index < -0.39 is 0 Å². The summed E-state index contributed by atoms with van der Waals surface area (Å²) in [5.74, 6) is 2.58. The van der Waals surface area contributed by atoms with Crippen molar-refractivity contribution in [2.24, 2.45) is 12.0 Å². The molecule has 0 bridgehead atoms. The molecule has 166 valence electrons. The van der Waals surface area contributed by atoms with Crippen molar-refractivity contribution in [3.05, 3.63) is 47.0 Å². The molecule has 1 aromatic carbocycles. The molecule has 0 amide bonds. The van der Waals surface area contributed by atoms with E-state index in [9.17, 15) is 0 Å². The van der Waals surface area contributed by atoms with E-state index in [1.807, 2.05) is 18.5 Å². The van der Waals surface area contributed by atoms with Gasteiger partial charge in [-0.05, 0) is 24.5 Å². The molecule has 30 heavy (non-hydrogen) atoms. The van der Waals surface area contributed by atoms with Gasteiger partial charge >= 0.3 is 0 Å². The van der Waals surface area contributed by atoms with Crippen LogP contribution in [0.25, 0.3) is 0 Å². The third-order valence-corrected chi connectivity index (χ3v) is 5.33. The summed E-state index contributed by atoms with van der Waals surface area (Å²) >= 11 is 0. The van der Waals surface area contributed by atoms with Crippen LogP contribution in [0.15, 0.2) is 29.3 Å². The van der Waals surface area contributed by atoms with Gasteiger partial charge in [0, 0.05) is 33.2 Å². The Bertz CT molecular complexity index is 802. The van der Waals surface area contributed by atoms with E-state index in [0.29, 0.717) is 13.1 Å². The number of halogens is 1. The Labute approximate surface area is 196 Å². The zero-order valence-electron chi connectivity index (χ0n) is 18.2. The van der Waals surface area contributed by atoms with Crippen molar-refractivity contribution in [3.8, 4) is 0 Å². The lowest BCUT2D eigenvalue weighted by Crippen LogP contribution is -2.44. The summed E-state index contributed by atoms with van der Waals surface area (Å²) in [6, 6.07) is 8.49. The number of aromatic nitrogens is 3. The first kappa shape index (κ1) is 24.5. The molecule has 1 aliphatic rings. The number of hydrogen-bond acceptors (Lipinski definition) is 5. The maximum atomic E-state index is 5.42. The van der Waals surface area contributed by atoms with Crippen molar-refractivity contribution in [1.82, 2.24) is 30.3 Å². The van der Waals surface area contributed by atoms with Gasteiger partial charge in [0.25, 0.3) is 0 Å². The summed E-state index contributed by atoms with van der Waals surface area (Å²) in [7, 11) is 1.98. The van der Waals surface area contributed by atoms with E-state index in [0.717, 1.165) is 63.4 Å². The Morgan fingerprint density at radius 2 is 1.87 bits per heavy atom. The summed E-state index contributed by atoms with van der Waals surface area (Å²) in [6.45, 7) is 10.8. The number of morpholine rings is 1. The number of aryl methyl sites for hydroxylation is 2. The van der Waals surface area contributed by atoms with Crippen LogP contribution in [0.2, 0.25) is 0 Å². The highest BCUT2D eigenvalue weighted by molar-refractivity contribution is 14.0. The predicted molar refractivity (Wildman–Crippen MR) is 130 cm³/mol. The van der Waals surface area contributed by atoms with E-state index in [1.54, 1.807) is 0 Å². The van der Waals surface area contributed by atoms with Gasteiger partial charge in [-0.25, -0.2) is 4.99 Å². The second kappa shape index (κ2) is 12.9. The molecule has 8 nitrogen and oxygen atoms in total. The van der Waals surface area contributed by atoms with Gasteiger partial charge in [0.05, 0.1) is 26.3 Å². The quantitative estimate of drug-likeness (QED) is 0.310. The summed E-state index contributed by atoms with van der Waals surface area (Å²) in [5.41, 5.74) is 2.60. The Morgan fingerprint density at radius 3 is 2.53 bits per heavy atom. The third kappa shape index (κ3) is 7.21. The molecule has 1 fully saturated rings. The molecule has 2 N–H and O–H groups in total. The van der Waals surface area contributed by atoms with Gasteiger partial charge < -0.3 is 19.9 Å². The van der Waals surface area contributed by atoms with Gasteiger partial charge in [-0.15, -0.1) is 34.2 Å². The molecule has 2 aromatic rings. The van der Waals surface area contributed by atoms with Crippen LogP contribution in [-0.4, -0.2) is 65.0 Å². The number of nitrogens with zero attached hydrogens (tertiary/aromatic N) is 5. The first-order chi connectivity index (χ1) is 14.2. The maximum Gasteiger partial charge on any atom is 0.192 e. The number of aliphatic imine (C=N–C) groups is 1. The second-order valence-corrected chi connectivity index (χ2v) is 7.24. The van der Waals surface area contributed by atoms with Crippen LogP contribution in [0.3, 0.4) is 0 Å². The molecular weight excluding hydrogens is 493 g/mol. The van der Waals surface area contributed by atoms with Crippen LogP contribution < -0.4 is 10.6 Å². The maximum absolute atomic E-state index is 5.42. The van der Waals surface area contributed by atoms with Gasteiger partial charge in [-0.1, -0.05) is 31.2 Å². The zero-order chi connectivity index (χ0) is 20.5. The van der Waals surface area contributed by atoms with E-state index in [1.165, 1.54) is 11.1 Å². The lowest BCUT2D eigenvalue weighted by Gasteiger charge is -2.26. The molecule has 0 saturated carbocycles. The topological polar surface area (TPSA) is 79.6 Å². The first-order valence-electron chi connectivity index (χ1n) is 10.4. The number of guanidine groups is 1. The van der Waals surface area contributed by atoms with Gasteiger partial charge in [0.1, 0.15) is 5.82 Å². The molecule has 2 heterocycles. The van der Waals surface area contributed by atoms with E-state index in [4.69, 9.17) is 9.73 Å². The van der Waals surface area contributed by atoms with E-state index >= 15 is 0 Å². The molecule has 0 radical (unpaired) electrons. The summed E-state index contributed by atoms with van der Waals surface area (Å²) in [6.07, 6.45) is 1.01. The standard InChI is InChI=1S/C21H33N7O.HI/c1-4-18-7-5-6-8-19(18)15-23-21(22-9-10-28-11-13-29-14-12-28)24-16-20-26-25-17(2)27(20)3;/h5-8H,4,9-16H2,1-3H3,(H2,22,23,24);1H. The number of nitrogens with one attached hydrogen (secondary N) is 2. The average Bonchev–Trinajstić information content (AvgIpc) is 3.08. The highest BCUT2D eigenvalue weighted by Gasteiger charge is 2.11. The SMILES string of the molecule is CCc1ccccc1CN=C(NCCN1CCOCC1)NCc1nnc(C)n1C.I. The van der Waals surface area contributed by atoms with Crippen molar-refractivity contribution >= 4 is 29.9 Å². The summed E-state index contributed by atoms with van der Waals surface area (Å²) in [4.78, 5) is 7.24. The first-order valence-corrected chi connectivity index (χ1v) is 10.4. The number of benzene rings is 1. The van der Waals surface area contributed by atoms with Gasteiger partial charge in [-0.2, -0.15) is 0 Å². The second-order valence-electron chi connectivity index (χ2n) is 7.24. The highest BCUT2D eigenvalue weighted by Crippen LogP contribution is 2.10. The van der Waals surface area contributed by atoms with Gasteiger partial charge in [0.15, 0.2) is 11.8 Å². The van der Waals surface area contributed by atoms with Crippen molar-refractivity contribution in [1.29, 1.82) is 0 Å². The summed E-state index contributed by atoms with van der Waals surface area (Å²) in [5, 5.41) is 15.2. The fourth-order valence-electron chi connectivity index (χ4n) is 3.32. The van der Waals surface area contributed by atoms with Crippen LogP contribution in [0.1, 0.15) is 29.7 Å². The number of hydrogen-bond donors (Lipinski definition) is 2. The van der Waals surface area contributed by atoms with Crippen molar-refractivity contribution in [2.75, 3.05) is 39.4 Å². The monoisotopic (exact) mass is 527 g/mol. The minimum Gasteiger partial charge on any atom is -0.379 e. The lowest BCUT2D eigenvalue weighted by atomic mass is 10.1. The molecule has 1 aromatic heterocycles. The van der Waals surface area contributed by atoms with Crippen LogP contribution in [0, 0.1) is 6.92 Å². The largest absolute Gasteiger partial charge is 0.379 e. The molecular formula is C21H34IN7O. The molecule has 0 atom stereocenters. The zero-order valence-corrected chi connectivity index (χ0v) is 20.6. The van der Waals surface area contributed by atoms with Gasteiger partial charge in [0.2, 0.25) is 0 Å². The van der Waals surface area contributed by atoms with Crippen LogP contribution in [0.5, 0.6) is 0 Å². The van der Waals surface area contributed by atoms with E-state index in [2.05, 4.69) is 56.9 Å². The van der Waals surface area contributed by atoms with E-state index in [-0.39, 0.29) is 24.0 Å². The molecule has 0 unspecified atom stereocenters. The fourth-order valence-corrected chi connectivity index (χ4v) is 3.32. The van der Waals surface area contributed by atoms with Crippen LogP contribution in [0.4, 0.5) is 0 Å². The minimum absolute atomic E-state index is 0. The Hall–Kier alpha value is -1.72. The van der Waals surface area contributed by atoms with Crippen LogP contribution in [-0.2, 0) is 31.3 Å². The Morgan fingerprint density at radius 1 is 1.13 bits per heavy atom. The van der Waals surface area contributed by atoms with Crippen molar-refractivity contribution in [2.45, 2.75) is 33.4 Å². The van der Waals surface area contributed by atoms with Crippen molar-refractivity contribution < 1.29 is 4.74 Å². The molecule has 0 spiro atoms. The molecule has 9 heteroatoms. The molecule has 3 rings (SSSR count). The molecule has 0 aliphatic carbocycles. The highest BCUT2D eigenvalue weighted by atomic mass is 127. The predicted octanol–water partition coefficient (Wildman–Crippen LogP) is 1.87. The molecule has 1 saturated heterocycles. The smallest absolute Gasteiger partial charge is 0.192 e. The summed E-state index contributed by atoms with van der Waals surface area (Å²) < 4.78 is 7.41.